The molecule has 5 heteroatoms. The van der Waals surface area contributed by atoms with Crippen molar-refractivity contribution < 1.29 is 14.8 Å². The normalized spacial score (nSPS) is 11.5. The van der Waals surface area contributed by atoms with Crippen LogP contribution >= 0.6 is 0 Å². The first-order valence-electron chi connectivity index (χ1n) is 12.2. The first-order chi connectivity index (χ1) is 15.3. The van der Waals surface area contributed by atoms with E-state index in [9.17, 15) is 0 Å². The number of hydrogen-bond acceptors (Lipinski definition) is 2. The van der Waals surface area contributed by atoms with Crippen LogP contribution in [0.25, 0.3) is 21.8 Å². The van der Waals surface area contributed by atoms with Crippen LogP contribution < -0.4 is 20.5 Å². The molecule has 0 bridgehead atoms. The van der Waals surface area contributed by atoms with Crippen LogP contribution in [-0.4, -0.2) is 59.4 Å². The van der Waals surface area contributed by atoms with Gasteiger partial charge in [0, 0.05) is 55.7 Å². The summed E-state index contributed by atoms with van der Waals surface area (Å²) in [5, 5.41) is 5.91. The summed E-state index contributed by atoms with van der Waals surface area (Å²) in [6.07, 6.45) is 2.35. The molecular formula is C27H46N5+3. The number of rotatable bonds is 10. The topological polar surface area (TPSA) is 46.8 Å². The number of pyridine rings is 1. The highest BCUT2D eigenvalue weighted by Crippen LogP contribution is 2.23. The largest absolute Gasteiger partial charge is 0.377 e. The smallest absolute Gasteiger partial charge is 0.215 e. The Morgan fingerprint density at radius 1 is 0.906 bits per heavy atom. The third kappa shape index (κ3) is 6.64. The number of quaternary nitrogens is 2. The molecule has 0 radical (unpaired) electrons. The van der Waals surface area contributed by atoms with Crippen LogP contribution in [0, 0.1) is 0 Å². The number of hydrogen-bond donors (Lipinski definition) is 2. The van der Waals surface area contributed by atoms with E-state index < -0.39 is 0 Å². The number of anilines is 1. The Morgan fingerprint density at radius 3 is 2.16 bits per heavy atom. The molecule has 0 aliphatic carbocycles. The van der Waals surface area contributed by atoms with Gasteiger partial charge in [0.1, 0.15) is 0 Å². The van der Waals surface area contributed by atoms with Crippen molar-refractivity contribution in [2.45, 2.75) is 39.8 Å². The molecule has 3 rings (SSSR count). The Balaban J connectivity index is 0.00000176. The molecule has 32 heavy (non-hydrogen) atoms. The van der Waals surface area contributed by atoms with E-state index in [2.05, 4.69) is 91.2 Å². The number of fused-ring (bicyclic) bond motifs is 2. The van der Waals surface area contributed by atoms with E-state index in [-0.39, 0.29) is 0 Å². The van der Waals surface area contributed by atoms with E-state index in [1.807, 2.05) is 20.9 Å². The number of nitrogens with one attached hydrogen (secondary N) is 1. The van der Waals surface area contributed by atoms with Gasteiger partial charge in [0.05, 0.1) is 40.2 Å². The van der Waals surface area contributed by atoms with Crippen LogP contribution in [0.5, 0.6) is 0 Å². The van der Waals surface area contributed by atoms with E-state index in [0.717, 1.165) is 30.5 Å². The van der Waals surface area contributed by atoms with Gasteiger partial charge in [-0.1, -0.05) is 19.9 Å². The molecular weight excluding hydrogens is 394 g/mol. The number of nitrogens with zero attached hydrogens (tertiary/aromatic N) is 3. The minimum absolute atomic E-state index is 0.890. The van der Waals surface area contributed by atoms with Gasteiger partial charge in [0.25, 0.3) is 0 Å². The molecule has 4 N–H and O–H groups in total. The monoisotopic (exact) mass is 440 g/mol. The van der Waals surface area contributed by atoms with Gasteiger partial charge in [0.2, 0.25) is 11.0 Å². The average molecular weight is 441 g/mol. The fourth-order valence-electron chi connectivity index (χ4n) is 4.27. The quantitative estimate of drug-likeness (QED) is 0.289. The van der Waals surface area contributed by atoms with Crippen molar-refractivity contribution in [1.29, 1.82) is 0 Å². The Hall–Kier alpha value is -2.21. The van der Waals surface area contributed by atoms with Crippen molar-refractivity contribution in [2.75, 3.05) is 59.8 Å². The molecule has 0 saturated heterocycles. The zero-order chi connectivity index (χ0) is 23.7. The zero-order valence-corrected chi connectivity index (χ0v) is 21.5. The second-order valence-corrected chi connectivity index (χ2v) is 9.30. The summed E-state index contributed by atoms with van der Waals surface area (Å²) in [5.74, 6) is 0. The van der Waals surface area contributed by atoms with E-state index in [0.29, 0.717) is 0 Å². The molecule has 0 fully saturated rings. The Bertz CT molecular complexity index is 994. The second-order valence-electron chi connectivity index (χ2n) is 9.30. The van der Waals surface area contributed by atoms with Gasteiger partial charge in [0.15, 0.2) is 6.54 Å². The van der Waals surface area contributed by atoms with Gasteiger partial charge in [-0.05, 0) is 36.9 Å². The predicted octanol–water partition coefficient (Wildman–Crippen LogP) is 3.19. The van der Waals surface area contributed by atoms with Gasteiger partial charge >= 0.3 is 0 Å². The van der Waals surface area contributed by atoms with Gasteiger partial charge in [-0.3, -0.25) is 0 Å². The summed E-state index contributed by atoms with van der Waals surface area (Å²) < 4.78 is 3.60. The van der Waals surface area contributed by atoms with E-state index >= 15 is 0 Å². The third-order valence-corrected chi connectivity index (χ3v) is 6.06. The number of aromatic nitrogens is 1. The molecule has 0 saturated carbocycles. The minimum atomic E-state index is 0.890. The second kappa shape index (κ2) is 12.1. The Morgan fingerprint density at radius 2 is 1.53 bits per heavy atom. The lowest BCUT2D eigenvalue weighted by Gasteiger charge is -2.29. The molecule has 0 amide bonds. The number of benzene rings is 2. The van der Waals surface area contributed by atoms with Crippen LogP contribution in [0.15, 0.2) is 42.5 Å². The summed E-state index contributed by atoms with van der Waals surface area (Å²) in [6.45, 7) is 9.31. The summed E-state index contributed by atoms with van der Waals surface area (Å²) in [4.78, 5) is 2.18. The van der Waals surface area contributed by atoms with Crippen molar-refractivity contribution in [3.8, 4) is 0 Å². The van der Waals surface area contributed by atoms with Crippen LogP contribution in [0.4, 0.5) is 5.69 Å². The first-order valence-corrected chi connectivity index (χ1v) is 12.2. The molecule has 176 valence electrons. The summed E-state index contributed by atoms with van der Waals surface area (Å²) >= 11 is 0. The highest BCUT2D eigenvalue weighted by Gasteiger charge is 2.20. The lowest BCUT2D eigenvalue weighted by atomic mass is 10.1. The van der Waals surface area contributed by atoms with Gasteiger partial charge in [-0.2, -0.15) is 4.57 Å². The molecule has 1 heterocycles. The molecule has 0 atom stereocenters. The summed E-state index contributed by atoms with van der Waals surface area (Å²) in [6, 6.07) is 16.0. The summed E-state index contributed by atoms with van der Waals surface area (Å²) in [7, 11) is 10.9. The SMILES string of the molecule is CC.CNCc1ccc2cc3ccc(N(C)C)cc3[n+](CCC[N+](C)(C)CCC[NH3+])c2c1. The van der Waals surface area contributed by atoms with Crippen molar-refractivity contribution in [1.82, 2.24) is 5.32 Å². The average Bonchev–Trinajstić information content (AvgIpc) is 2.78. The fraction of sp³-hybridized carbons (Fsp3) is 0.519. The van der Waals surface area contributed by atoms with Crippen molar-refractivity contribution in [2.24, 2.45) is 0 Å². The molecule has 3 aromatic rings. The van der Waals surface area contributed by atoms with Crippen LogP contribution in [0.1, 0.15) is 32.3 Å². The van der Waals surface area contributed by atoms with Crippen LogP contribution in [0.2, 0.25) is 0 Å². The Kier molecular flexibility index (Phi) is 9.88. The fourth-order valence-corrected chi connectivity index (χ4v) is 4.27. The zero-order valence-electron chi connectivity index (χ0n) is 21.5. The molecule has 0 unspecified atom stereocenters. The lowest BCUT2D eigenvalue weighted by Crippen LogP contribution is -2.53. The van der Waals surface area contributed by atoms with E-state index in [1.165, 1.54) is 52.6 Å². The van der Waals surface area contributed by atoms with E-state index in [4.69, 9.17) is 0 Å². The standard InChI is InChI=1S/C25H39N5.C2H6/c1-27-19-20-8-9-21-17-22-10-11-23(28(2)3)18-25(22)29(24(21)16-20)13-7-15-30(4,5)14-6-12-26;1-2/h8-11,16-18,27H,6-7,12-15,19,26H2,1-5H3;1-2H3/q+2;/p+1. The first kappa shape index (κ1) is 26.0. The molecule has 5 nitrogen and oxygen atoms in total. The highest BCUT2D eigenvalue weighted by atomic mass is 15.3. The highest BCUT2D eigenvalue weighted by molar-refractivity contribution is 5.90. The maximum Gasteiger partial charge on any atom is 0.215 e. The Labute approximate surface area is 195 Å². The predicted molar refractivity (Wildman–Crippen MR) is 139 cm³/mol. The molecule has 0 aliphatic rings. The van der Waals surface area contributed by atoms with Crippen LogP contribution in [-0.2, 0) is 13.1 Å². The maximum atomic E-state index is 4.01. The molecule has 1 aromatic heterocycles. The summed E-state index contributed by atoms with van der Waals surface area (Å²) in [5.41, 5.74) is 9.22. The van der Waals surface area contributed by atoms with Crippen molar-refractivity contribution in [3.63, 3.8) is 0 Å². The molecule has 0 spiro atoms. The van der Waals surface area contributed by atoms with Gasteiger partial charge in [-0.25, -0.2) is 0 Å². The lowest BCUT2D eigenvalue weighted by molar-refractivity contribution is -0.893. The van der Waals surface area contributed by atoms with Crippen LogP contribution in [0.3, 0.4) is 0 Å². The molecule has 0 aliphatic heterocycles. The number of aryl methyl sites for hydroxylation is 1. The van der Waals surface area contributed by atoms with E-state index in [1.54, 1.807) is 0 Å². The van der Waals surface area contributed by atoms with Crippen molar-refractivity contribution in [3.05, 3.63) is 48.0 Å². The maximum absolute atomic E-state index is 4.01. The minimum Gasteiger partial charge on any atom is -0.377 e. The van der Waals surface area contributed by atoms with Gasteiger partial charge < -0.3 is 20.4 Å². The van der Waals surface area contributed by atoms with Gasteiger partial charge in [-0.15, -0.1) is 0 Å². The molecule has 2 aromatic carbocycles. The van der Waals surface area contributed by atoms with Crippen molar-refractivity contribution >= 4 is 27.5 Å². The third-order valence-electron chi connectivity index (χ3n) is 6.06.